The summed E-state index contributed by atoms with van der Waals surface area (Å²) < 4.78 is 10.5. The van der Waals surface area contributed by atoms with Crippen molar-refractivity contribution in [3.05, 3.63) is 47.7 Å². The molecular formula is C15H15N3O3S. The van der Waals surface area contributed by atoms with Crippen LogP contribution >= 0.6 is 12.2 Å². The number of nitrogens with two attached hydrogens (primary N) is 1. The predicted octanol–water partition coefficient (Wildman–Crippen LogP) is 2.29. The summed E-state index contributed by atoms with van der Waals surface area (Å²) in [6.45, 7) is 2.12. The fourth-order valence-electron chi connectivity index (χ4n) is 1.72. The molecule has 0 saturated heterocycles. The molecule has 1 aromatic heterocycles. The molecule has 0 radical (unpaired) electrons. The zero-order chi connectivity index (χ0) is 15.9. The van der Waals surface area contributed by atoms with Crippen LogP contribution in [-0.4, -0.2) is 23.9 Å². The van der Waals surface area contributed by atoms with Gasteiger partial charge in [-0.3, -0.25) is 5.43 Å². The number of hydrogen-bond acceptors (Lipinski definition) is 5. The van der Waals surface area contributed by atoms with Gasteiger partial charge in [0, 0.05) is 5.56 Å². The number of carbonyl (C=O) groups excluding carboxylic acids is 1. The Morgan fingerprint density at radius 1 is 1.36 bits per heavy atom. The van der Waals surface area contributed by atoms with Gasteiger partial charge >= 0.3 is 5.97 Å². The quantitative estimate of drug-likeness (QED) is 0.380. The molecule has 0 aliphatic heterocycles. The number of ether oxygens (including phenoxy) is 1. The number of rotatable bonds is 5. The standard InChI is InChI=1S/C15H15N3O3S/c1-2-20-14(19)11-5-3-10(4-6-11)13-8-7-12(21-13)9-17-18-15(16)22/h3-9H,2H2,1H3,(H3,16,18,22)/b17-9+. The Kier molecular flexibility index (Phi) is 5.26. The lowest BCUT2D eigenvalue weighted by atomic mass is 10.1. The van der Waals surface area contributed by atoms with Crippen molar-refractivity contribution in [1.82, 2.24) is 5.43 Å². The molecule has 6 nitrogen and oxygen atoms in total. The van der Waals surface area contributed by atoms with E-state index in [0.29, 0.717) is 23.7 Å². The number of carbonyl (C=O) groups is 1. The first-order valence-electron chi connectivity index (χ1n) is 6.56. The fourth-order valence-corrected chi connectivity index (χ4v) is 1.77. The molecule has 3 N–H and O–H groups in total. The van der Waals surface area contributed by atoms with Crippen LogP contribution in [0.4, 0.5) is 0 Å². The molecule has 0 aliphatic rings. The average molecular weight is 317 g/mol. The monoisotopic (exact) mass is 317 g/mol. The summed E-state index contributed by atoms with van der Waals surface area (Å²) in [4.78, 5) is 11.6. The summed E-state index contributed by atoms with van der Waals surface area (Å²) >= 11 is 4.63. The van der Waals surface area contributed by atoms with Gasteiger partial charge in [0.1, 0.15) is 11.5 Å². The van der Waals surface area contributed by atoms with Gasteiger partial charge in [-0.15, -0.1) is 0 Å². The fraction of sp³-hybridized carbons (Fsp3) is 0.133. The van der Waals surface area contributed by atoms with Crippen molar-refractivity contribution in [3.63, 3.8) is 0 Å². The number of nitrogens with one attached hydrogen (secondary N) is 1. The highest BCUT2D eigenvalue weighted by Crippen LogP contribution is 2.22. The van der Waals surface area contributed by atoms with Crippen molar-refractivity contribution in [2.45, 2.75) is 6.92 Å². The topological polar surface area (TPSA) is 89.8 Å². The lowest BCUT2D eigenvalue weighted by Gasteiger charge is -2.02. The van der Waals surface area contributed by atoms with Crippen LogP contribution in [0.5, 0.6) is 0 Å². The van der Waals surface area contributed by atoms with E-state index >= 15 is 0 Å². The highest BCUT2D eigenvalue weighted by atomic mass is 32.1. The molecule has 0 spiro atoms. The van der Waals surface area contributed by atoms with E-state index in [4.69, 9.17) is 14.9 Å². The Labute approximate surface area is 132 Å². The van der Waals surface area contributed by atoms with E-state index in [0.717, 1.165) is 5.56 Å². The molecule has 1 heterocycles. The number of nitrogens with zero attached hydrogens (tertiary/aromatic N) is 1. The Bertz CT molecular complexity index is 692. The maximum Gasteiger partial charge on any atom is 0.338 e. The van der Waals surface area contributed by atoms with Gasteiger partial charge in [-0.05, 0) is 43.4 Å². The van der Waals surface area contributed by atoms with E-state index in [1.54, 1.807) is 37.3 Å². The molecule has 0 bridgehead atoms. The van der Waals surface area contributed by atoms with E-state index < -0.39 is 0 Å². The Balaban J connectivity index is 2.09. The van der Waals surface area contributed by atoms with Crippen LogP contribution in [0.1, 0.15) is 23.0 Å². The molecule has 2 aromatic rings. The second kappa shape index (κ2) is 7.37. The first-order valence-corrected chi connectivity index (χ1v) is 6.97. The molecule has 114 valence electrons. The molecule has 22 heavy (non-hydrogen) atoms. The predicted molar refractivity (Wildman–Crippen MR) is 87.6 cm³/mol. The minimum absolute atomic E-state index is 0.0811. The minimum atomic E-state index is -0.342. The summed E-state index contributed by atoms with van der Waals surface area (Å²) in [6, 6.07) is 10.5. The van der Waals surface area contributed by atoms with Gasteiger partial charge in [-0.2, -0.15) is 5.10 Å². The number of hydrogen-bond donors (Lipinski definition) is 2. The second-order valence-corrected chi connectivity index (χ2v) is 4.67. The highest BCUT2D eigenvalue weighted by Gasteiger charge is 2.08. The van der Waals surface area contributed by atoms with Crippen molar-refractivity contribution in [1.29, 1.82) is 0 Å². The van der Waals surface area contributed by atoms with Crippen molar-refractivity contribution >= 4 is 29.5 Å². The largest absolute Gasteiger partial charge is 0.462 e. The van der Waals surface area contributed by atoms with Gasteiger partial charge in [0.25, 0.3) is 0 Å². The molecule has 2 rings (SSSR count). The molecule has 0 fully saturated rings. The van der Waals surface area contributed by atoms with Crippen LogP contribution in [0.15, 0.2) is 45.9 Å². The van der Waals surface area contributed by atoms with Crippen molar-refractivity contribution in [2.75, 3.05) is 6.61 Å². The zero-order valence-electron chi connectivity index (χ0n) is 11.9. The maximum absolute atomic E-state index is 11.6. The van der Waals surface area contributed by atoms with Crippen LogP contribution in [0.3, 0.4) is 0 Å². The van der Waals surface area contributed by atoms with Gasteiger partial charge in [0.2, 0.25) is 0 Å². The van der Waals surface area contributed by atoms with Gasteiger partial charge in [0.15, 0.2) is 5.11 Å². The number of esters is 1. The number of furan rings is 1. The molecule has 0 unspecified atom stereocenters. The summed E-state index contributed by atoms with van der Waals surface area (Å²) in [7, 11) is 0. The second-order valence-electron chi connectivity index (χ2n) is 4.23. The molecule has 0 amide bonds. The van der Waals surface area contributed by atoms with E-state index in [9.17, 15) is 4.79 Å². The third kappa shape index (κ3) is 4.16. The van der Waals surface area contributed by atoms with Gasteiger partial charge < -0.3 is 14.9 Å². The third-order valence-electron chi connectivity index (χ3n) is 2.67. The molecule has 1 aromatic carbocycles. The first-order chi connectivity index (χ1) is 10.6. The van der Waals surface area contributed by atoms with Crippen LogP contribution in [0.2, 0.25) is 0 Å². The zero-order valence-corrected chi connectivity index (χ0v) is 12.7. The van der Waals surface area contributed by atoms with Crippen LogP contribution in [0, 0.1) is 0 Å². The number of thiocarbonyl (C=S) groups is 1. The van der Waals surface area contributed by atoms with Gasteiger partial charge in [-0.25, -0.2) is 4.79 Å². The molecule has 7 heteroatoms. The van der Waals surface area contributed by atoms with E-state index in [1.807, 2.05) is 6.07 Å². The lowest BCUT2D eigenvalue weighted by Crippen LogP contribution is -2.23. The van der Waals surface area contributed by atoms with E-state index in [1.165, 1.54) is 6.21 Å². The minimum Gasteiger partial charge on any atom is -0.462 e. The number of benzene rings is 1. The van der Waals surface area contributed by atoms with Crippen molar-refractivity contribution in [2.24, 2.45) is 10.8 Å². The third-order valence-corrected chi connectivity index (χ3v) is 2.77. The average Bonchev–Trinajstić information content (AvgIpc) is 2.96. The Morgan fingerprint density at radius 3 is 2.73 bits per heavy atom. The number of hydrazone groups is 1. The van der Waals surface area contributed by atoms with E-state index in [-0.39, 0.29) is 11.1 Å². The van der Waals surface area contributed by atoms with E-state index in [2.05, 4.69) is 22.7 Å². The van der Waals surface area contributed by atoms with Gasteiger partial charge in [-0.1, -0.05) is 12.1 Å². The smallest absolute Gasteiger partial charge is 0.338 e. The SMILES string of the molecule is CCOC(=O)c1ccc(-c2ccc(/C=N/NC(N)=S)o2)cc1. The lowest BCUT2D eigenvalue weighted by molar-refractivity contribution is 0.0526. The normalized spacial score (nSPS) is 10.6. The first kappa shape index (κ1) is 15.7. The molecular weight excluding hydrogens is 302 g/mol. The van der Waals surface area contributed by atoms with Crippen LogP contribution in [-0.2, 0) is 4.74 Å². The Morgan fingerprint density at radius 2 is 2.09 bits per heavy atom. The summed E-state index contributed by atoms with van der Waals surface area (Å²) in [6.07, 6.45) is 1.47. The molecule has 0 atom stereocenters. The molecule has 0 aliphatic carbocycles. The highest BCUT2D eigenvalue weighted by molar-refractivity contribution is 7.80. The molecule has 0 saturated carbocycles. The Hall–Kier alpha value is -2.67. The summed E-state index contributed by atoms with van der Waals surface area (Å²) in [5.74, 6) is 0.866. The van der Waals surface area contributed by atoms with Crippen molar-refractivity contribution in [3.8, 4) is 11.3 Å². The maximum atomic E-state index is 11.6. The summed E-state index contributed by atoms with van der Waals surface area (Å²) in [5.41, 5.74) is 9.04. The van der Waals surface area contributed by atoms with Crippen molar-refractivity contribution < 1.29 is 13.9 Å². The van der Waals surface area contributed by atoms with Gasteiger partial charge in [0.05, 0.1) is 18.4 Å². The summed E-state index contributed by atoms with van der Waals surface area (Å²) in [5, 5.41) is 3.89. The van der Waals surface area contributed by atoms with Crippen LogP contribution in [0.25, 0.3) is 11.3 Å². The van der Waals surface area contributed by atoms with Crippen LogP contribution < -0.4 is 11.2 Å².